The summed E-state index contributed by atoms with van der Waals surface area (Å²) in [4.78, 5) is 0. The van der Waals surface area contributed by atoms with Crippen molar-refractivity contribution in [2.75, 3.05) is 19.3 Å². The molecule has 0 fully saturated rings. The molecule has 0 aromatic carbocycles. The normalized spacial score (nSPS) is 9.88. The van der Waals surface area contributed by atoms with Gasteiger partial charge >= 0.3 is 0 Å². The zero-order valence-corrected chi connectivity index (χ0v) is 11.1. The van der Waals surface area contributed by atoms with E-state index in [0.29, 0.717) is 5.11 Å². The van der Waals surface area contributed by atoms with Crippen LogP contribution in [0, 0.1) is 6.92 Å². The first-order valence-corrected chi connectivity index (χ1v) is 6.60. The molecular formula is C10H16N4S2. The summed E-state index contributed by atoms with van der Waals surface area (Å²) in [6.07, 6.45) is 1.81. The van der Waals surface area contributed by atoms with Crippen LogP contribution in [-0.4, -0.2) is 34.7 Å². The van der Waals surface area contributed by atoms with E-state index in [0.717, 1.165) is 23.7 Å². The van der Waals surface area contributed by atoms with E-state index in [1.54, 1.807) is 0 Å². The van der Waals surface area contributed by atoms with Gasteiger partial charge in [-0.3, -0.25) is 0 Å². The van der Waals surface area contributed by atoms with E-state index < -0.39 is 0 Å². The van der Waals surface area contributed by atoms with Gasteiger partial charge in [-0.15, -0.1) is 0 Å². The van der Waals surface area contributed by atoms with Crippen molar-refractivity contribution in [3.63, 3.8) is 0 Å². The van der Waals surface area contributed by atoms with Gasteiger partial charge in [0, 0.05) is 25.1 Å². The summed E-state index contributed by atoms with van der Waals surface area (Å²) in [5.74, 6) is 1.98. The van der Waals surface area contributed by atoms with Gasteiger partial charge in [-0.25, -0.2) is 0 Å². The van der Waals surface area contributed by atoms with Gasteiger partial charge in [0.15, 0.2) is 5.11 Å². The monoisotopic (exact) mass is 256 g/mol. The lowest BCUT2D eigenvalue weighted by atomic mass is 10.3. The van der Waals surface area contributed by atoms with Crippen LogP contribution in [0.25, 0.3) is 0 Å². The molecule has 1 heterocycles. The molecule has 1 rings (SSSR count). The number of hydrogen-bond acceptors (Lipinski definition) is 4. The van der Waals surface area contributed by atoms with Crippen LogP contribution in [0.5, 0.6) is 0 Å². The molecule has 0 unspecified atom stereocenters. The maximum absolute atomic E-state index is 4.97. The Balaban J connectivity index is 2.14. The van der Waals surface area contributed by atoms with Crippen molar-refractivity contribution < 1.29 is 0 Å². The van der Waals surface area contributed by atoms with Crippen molar-refractivity contribution in [2.24, 2.45) is 0 Å². The van der Waals surface area contributed by atoms with Gasteiger partial charge in [0.2, 0.25) is 0 Å². The zero-order valence-electron chi connectivity index (χ0n) is 9.49. The third-order valence-corrected chi connectivity index (χ3v) is 3.24. The Morgan fingerprint density at radius 1 is 1.56 bits per heavy atom. The molecule has 88 valence electrons. The van der Waals surface area contributed by atoms with E-state index in [1.807, 2.05) is 31.9 Å². The molecule has 0 saturated carbocycles. The Morgan fingerprint density at radius 3 is 3.06 bits per heavy atom. The number of rotatable bonds is 5. The van der Waals surface area contributed by atoms with Crippen LogP contribution in [-0.2, 0) is 5.75 Å². The van der Waals surface area contributed by atoms with Crippen LogP contribution in [0.2, 0.25) is 0 Å². The third kappa shape index (κ3) is 5.27. The second-order valence-corrected chi connectivity index (χ2v) is 4.78. The lowest BCUT2D eigenvalue weighted by Crippen LogP contribution is -2.33. The summed E-state index contributed by atoms with van der Waals surface area (Å²) < 4.78 is 0. The van der Waals surface area contributed by atoms with Crippen LogP contribution in [0.15, 0.2) is 12.3 Å². The highest BCUT2D eigenvalue weighted by Gasteiger charge is 1.96. The first kappa shape index (κ1) is 13.2. The number of nitrogens with zero attached hydrogens (tertiary/aromatic N) is 2. The van der Waals surface area contributed by atoms with E-state index >= 15 is 0 Å². The first-order valence-electron chi connectivity index (χ1n) is 5.04. The van der Waals surface area contributed by atoms with E-state index in [9.17, 15) is 0 Å². The van der Waals surface area contributed by atoms with Crippen LogP contribution in [0.1, 0.15) is 11.3 Å². The first-order chi connectivity index (χ1) is 7.72. The fourth-order valence-electron chi connectivity index (χ4n) is 1.12. The summed E-state index contributed by atoms with van der Waals surface area (Å²) in [5, 5.41) is 14.5. The lowest BCUT2D eigenvalue weighted by molar-refractivity contribution is 0.941. The average molecular weight is 256 g/mol. The van der Waals surface area contributed by atoms with Crippen LogP contribution < -0.4 is 10.6 Å². The van der Waals surface area contributed by atoms with Gasteiger partial charge in [0.25, 0.3) is 0 Å². The number of aromatic nitrogens is 2. The second-order valence-electron chi connectivity index (χ2n) is 3.26. The Kier molecular flexibility index (Phi) is 6.10. The second kappa shape index (κ2) is 7.40. The molecule has 0 atom stereocenters. The summed E-state index contributed by atoms with van der Waals surface area (Å²) in [6, 6.07) is 2.06. The molecule has 0 amide bonds. The van der Waals surface area contributed by atoms with Crippen molar-refractivity contribution >= 4 is 29.1 Å². The zero-order chi connectivity index (χ0) is 11.8. The maximum Gasteiger partial charge on any atom is 0.166 e. The molecule has 1 aromatic heterocycles. The molecule has 0 aliphatic carbocycles. The van der Waals surface area contributed by atoms with Gasteiger partial charge in [0.1, 0.15) is 0 Å². The molecule has 2 N–H and O–H groups in total. The molecule has 1 aromatic rings. The van der Waals surface area contributed by atoms with E-state index in [1.165, 1.54) is 5.56 Å². The van der Waals surface area contributed by atoms with E-state index in [4.69, 9.17) is 12.2 Å². The summed E-state index contributed by atoms with van der Waals surface area (Å²) in [5.41, 5.74) is 2.18. The standard InChI is InChI=1S/C10H16N4S2/c1-8-5-9(6-13-14-8)7-16-4-3-12-10(15)11-2/h5-6H,3-4,7H2,1-2H3,(H2,11,12,15). The highest BCUT2D eigenvalue weighted by Crippen LogP contribution is 2.10. The predicted octanol–water partition coefficient (Wildman–Crippen LogP) is 1.11. The molecule has 6 heteroatoms. The topological polar surface area (TPSA) is 49.8 Å². The summed E-state index contributed by atoms with van der Waals surface area (Å²) in [6.45, 7) is 2.83. The molecule has 16 heavy (non-hydrogen) atoms. The van der Waals surface area contributed by atoms with Crippen LogP contribution in [0.3, 0.4) is 0 Å². The van der Waals surface area contributed by atoms with Crippen molar-refractivity contribution in [3.8, 4) is 0 Å². The molecule has 0 radical (unpaired) electrons. The maximum atomic E-state index is 4.97. The van der Waals surface area contributed by atoms with E-state index in [2.05, 4.69) is 26.9 Å². The van der Waals surface area contributed by atoms with Gasteiger partial charge < -0.3 is 10.6 Å². The molecule has 0 bridgehead atoms. The predicted molar refractivity (Wildman–Crippen MR) is 72.6 cm³/mol. The van der Waals surface area contributed by atoms with Crippen molar-refractivity contribution in [1.82, 2.24) is 20.8 Å². The largest absolute Gasteiger partial charge is 0.366 e. The van der Waals surface area contributed by atoms with Gasteiger partial charge in [-0.2, -0.15) is 22.0 Å². The molecule has 4 nitrogen and oxygen atoms in total. The van der Waals surface area contributed by atoms with Crippen LogP contribution in [0.4, 0.5) is 0 Å². The Bertz CT molecular complexity index is 343. The Morgan fingerprint density at radius 2 is 2.38 bits per heavy atom. The molecule has 0 aliphatic rings. The van der Waals surface area contributed by atoms with Crippen LogP contribution >= 0.6 is 24.0 Å². The number of thiocarbonyl (C=S) groups is 1. The molecular weight excluding hydrogens is 240 g/mol. The van der Waals surface area contributed by atoms with Crippen molar-refractivity contribution in [3.05, 3.63) is 23.5 Å². The smallest absolute Gasteiger partial charge is 0.166 e. The highest BCUT2D eigenvalue weighted by molar-refractivity contribution is 7.98. The lowest BCUT2D eigenvalue weighted by Gasteiger charge is -2.06. The number of hydrogen-bond donors (Lipinski definition) is 2. The van der Waals surface area contributed by atoms with Gasteiger partial charge in [-0.1, -0.05) is 0 Å². The molecule has 0 aliphatic heterocycles. The summed E-state index contributed by atoms with van der Waals surface area (Å²) >= 11 is 6.82. The quantitative estimate of drug-likeness (QED) is 0.608. The van der Waals surface area contributed by atoms with Gasteiger partial charge in [0.05, 0.1) is 11.9 Å². The third-order valence-electron chi connectivity index (χ3n) is 1.86. The fourth-order valence-corrected chi connectivity index (χ4v) is 2.01. The van der Waals surface area contributed by atoms with Crippen molar-refractivity contribution in [2.45, 2.75) is 12.7 Å². The highest BCUT2D eigenvalue weighted by atomic mass is 32.2. The SMILES string of the molecule is CNC(=S)NCCSCc1cnnc(C)c1. The fraction of sp³-hybridized carbons (Fsp3) is 0.500. The van der Waals surface area contributed by atoms with Gasteiger partial charge in [-0.05, 0) is 30.8 Å². The number of thioether (sulfide) groups is 1. The Labute approximate surface area is 106 Å². The Hall–Kier alpha value is -0.880. The minimum atomic E-state index is 0.696. The number of nitrogens with one attached hydrogen (secondary N) is 2. The molecule has 0 spiro atoms. The minimum absolute atomic E-state index is 0.696. The minimum Gasteiger partial charge on any atom is -0.366 e. The summed E-state index contributed by atoms with van der Waals surface area (Å²) in [7, 11) is 1.81. The van der Waals surface area contributed by atoms with Crippen molar-refractivity contribution in [1.29, 1.82) is 0 Å². The molecule has 0 saturated heterocycles. The average Bonchev–Trinajstić information content (AvgIpc) is 2.28. The van der Waals surface area contributed by atoms with E-state index in [-0.39, 0.29) is 0 Å². The number of aryl methyl sites for hydroxylation is 1.